The van der Waals surface area contributed by atoms with E-state index in [-0.39, 0.29) is 5.60 Å². The molecule has 0 heterocycles. The summed E-state index contributed by atoms with van der Waals surface area (Å²) in [4.78, 5) is 0. The van der Waals surface area contributed by atoms with Crippen molar-refractivity contribution in [3.63, 3.8) is 0 Å². The van der Waals surface area contributed by atoms with Crippen molar-refractivity contribution >= 4 is 0 Å². The van der Waals surface area contributed by atoms with Crippen LogP contribution in [0.4, 0.5) is 0 Å². The van der Waals surface area contributed by atoms with E-state index in [1.165, 1.54) is 38.5 Å². The molecule has 0 saturated carbocycles. The molecule has 0 bridgehead atoms. The molecule has 92 valence electrons. The zero-order valence-corrected chi connectivity index (χ0v) is 11.2. The van der Waals surface area contributed by atoms with E-state index in [4.69, 9.17) is 4.74 Å². The molecule has 0 aromatic rings. The van der Waals surface area contributed by atoms with Crippen molar-refractivity contribution in [2.24, 2.45) is 0 Å². The minimum atomic E-state index is -0.0560. The van der Waals surface area contributed by atoms with Crippen LogP contribution in [0, 0.1) is 0 Å². The molecule has 0 radical (unpaired) electrons. The maximum Gasteiger partial charge on any atom is 0.0774 e. The smallest absolute Gasteiger partial charge is 0.0774 e. The number of methoxy groups -OCH3 is 1. The zero-order chi connectivity index (χ0) is 11.7. The molecule has 0 rings (SSSR count). The van der Waals surface area contributed by atoms with Crippen LogP contribution in [0.5, 0.6) is 0 Å². The molecule has 1 N–H and O–H groups in total. The van der Waals surface area contributed by atoms with Crippen molar-refractivity contribution in [2.75, 3.05) is 14.2 Å². The van der Waals surface area contributed by atoms with E-state index in [0.717, 1.165) is 0 Å². The molecule has 0 aromatic carbocycles. The summed E-state index contributed by atoms with van der Waals surface area (Å²) in [5, 5.41) is 3.36. The number of rotatable bonds is 9. The van der Waals surface area contributed by atoms with Crippen molar-refractivity contribution in [2.45, 2.75) is 70.9 Å². The van der Waals surface area contributed by atoms with Crippen molar-refractivity contribution in [1.82, 2.24) is 5.32 Å². The number of hydrogen-bond acceptors (Lipinski definition) is 2. The van der Waals surface area contributed by atoms with Gasteiger partial charge in [0, 0.05) is 13.2 Å². The van der Waals surface area contributed by atoms with Crippen LogP contribution in [0.15, 0.2) is 0 Å². The summed E-state index contributed by atoms with van der Waals surface area (Å²) in [5.41, 5.74) is -0.0560. The Labute approximate surface area is 95.8 Å². The van der Waals surface area contributed by atoms with Crippen molar-refractivity contribution in [3.8, 4) is 0 Å². The highest BCUT2D eigenvalue weighted by molar-refractivity contribution is 4.84. The largest absolute Gasteiger partial charge is 0.377 e. The summed E-state index contributed by atoms with van der Waals surface area (Å²) in [6.45, 7) is 6.56. The number of ether oxygens (including phenoxy) is 1. The standard InChI is InChI=1S/C13H29NO/c1-6-7-8-9-10-11-12(14-4)13(2,3)15-5/h12,14H,6-11H2,1-5H3. The second-order valence-electron chi connectivity index (χ2n) is 4.85. The van der Waals surface area contributed by atoms with Gasteiger partial charge in [0.15, 0.2) is 0 Å². The van der Waals surface area contributed by atoms with E-state index in [0.29, 0.717) is 6.04 Å². The lowest BCUT2D eigenvalue weighted by molar-refractivity contribution is -0.0110. The maximum atomic E-state index is 5.51. The van der Waals surface area contributed by atoms with Gasteiger partial charge in [-0.2, -0.15) is 0 Å². The summed E-state index contributed by atoms with van der Waals surface area (Å²) in [5.74, 6) is 0. The second kappa shape index (κ2) is 8.12. The van der Waals surface area contributed by atoms with Crippen LogP contribution >= 0.6 is 0 Å². The van der Waals surface area contributed by atoms with Gasteiger partial charge in [-0.25, -0.2) is 0 Å². The molecular formula is C13H29NO. The normalized spacial score (nSPS) is 14.2. The highest BCUT2D eigenvalue weighted by Crippen LogP contribution is 2.19. The van der Waals surface area contributed by atoms with Crippen LogP contribution in [0.3, 0.4) is 0 Å². The Kier molecular flexibility index (Phi) is 8.07. The topological polar surface area (TPSA) is 21.3 Å². The lowest BCUT2D eigenvalue weighted by atomic mass is 9.93. The predicted molar refractivity (Wildman–Crippen MR) is 67.3 cm³/mol. The first-order valence-corrected chi connectivity index (χ1v) is 6.31. The summed E-state index contributed by atoms with van der Waals surface area (Å²) < 4.78 is 5.51. The third kappa shape index (κ3) is 6.16. The average molecular weight is 215 g/mol. The molecule has 0 aliphatic carbocycles. The first kappa shape index (κ1) is 14.9. The first-order chi connectivity index (χ1) is 7.08. The molecule has 15 heavy (non-hydrogen) atoms. The van der Waals surface area contributed by atoms with E-state index in [9.17, 15) is 0 Å². The van der Waals surface area contributed by atoms with Gasteiger partial charge in [-0.1, -0.05) is 39.0 Å². The Morgan fingerprint density at radius 3 is 2.20 bits per heavy atom. The summed E-state index contributed by atoms with van der Waals surface area (Å²) in [6, 6.07) is 0.462. The fraction of sp³-hybridized carbons (Fsp3) is 1.00. The Morgan fingerprint density at radius 1 is 1.13 bits per heavy atom. The average Bonchev–Trinajstić information content (AvgIpc) is 2.23. The first-order valence-electron chi connectivity index (χ1n) is 6.31. The Hall–Kier alpha value is -0.0800. The van der Waals surface area contributed by atoms with Gasteiger partial charge in [-0.15, -0.1) is 0 Å². The molecule has 0 fully saturated rings. The number of likely N-dealkylation sites (N-methyl/N-ethyl adjacent to an activating group) is 1. The quantitative estimate of drug-likeness (QED) is 0.595. The molecule has 1 atom stereocenters. The lowest BCUT2D eigenvalue weighted by Crippen LogP contribution is -2.46. The highest BCUT2D eigenvalue weighted by Gasteiger charge is 2.26. The fourth-order valence-corrected chi connectivity index (χ4v) is 1.93. The van der Waals surface area contributed by atoms with Crippen LogP contribution < -0.4 is 5.32 Å². The molecule has 0 spiro atoms. The van der Waals surface area contributed by atoms with Crippen molar-refractivity contribution < 1.29 is 4.74 Å². The molecule has 2 nitrogen and oxygen atoms in total. The Morgan fingerprint density at radius 2 is 1.73 bits per heavy atom. The van der Waals surface area contributed by atoms with Gasteiger partial charge in [0.25, 0.3) is 0 Å². The van der Waals surface area contributed by atoms with E-state index >= 15 is 0 Å². The Bertz CT molecular complexity index is 145. The summed E-state index contributed by atoms with van der Waals surface area (Å²) >= 11 is 0. The highest BCUT2D eigenvalue weighted by atomic mass is 16.5. The van der Waals surface area contributed by atoms with Crippen molar-refractivity contribution in [3.05, 3.63) is 0 Å². The lowest BCUT2D eigenvalue weighted by Gasteiger charge is -2.33. The van der Waals surface area contributed by atoms with Crippen LogP contribution in [0.2, 0.25) is 0 Å². The molecule has 0 aliphatic heterocycles. The van der Waals surface area contributed by atoms with Crippen molar-refractivity contribution in [1.29, 1.82) is 0 Å². The third-order valence-corrected chi connectivity index (χ3v) is 3.31. The number of unbranched alkanes of at least 4 members (excludes halogenated alkanes) is 4. The monoisotopic (exact) mass is 215 g/mol. The van der Waals surface area contributed by atoms with E-state index < -0.39 is 0 Å². The van der Waals surface area contributed by atoms with E-state index in [1.807, 2.05) is 7.05 Å². The van der Waals surface area contributed by atoms with Crippen LogP contribution in [0.25, 0.3) is 0 Å². The van der Waals surface area contributed by atoms with Crippen LogP contribution in [-0.4, -0.2) is 25.8 Å². The molecule has 1 unspecified atom stereocenters. The van der Waals surface area contributed by atoms with Gasteiger partial charge in [0.1, 0.15) is 0 Å². The molecule has 0 saturated heterocycles. The minimum absolute atomic E-state index is 0.0560. The predicted octanol–water partition coefficient (Wildman–Crippen LogP) is 3.36. The minimum Gasteiger partial charge on any atom is -0.377 e. The molecule has 0 aromatic heterocycles. The maximum absolute atomic E-state index is 5.51. The van der Waals surface area contributed by atoms with Crippen LogP contribution in [0.1, 0.15) is 59.3 Å². The van der Waals surface area contributed by atoms with Gasteiger partial charge in [-0.3, -0.25) is 0 Å². The second-order valence-corrected chi connectivity index (χ2v) is 4.85. The summed E-state index contributed by atoms with van der Waals surface area (Å²) in [7, 11) is 3.82. The SMILES string of the molecule is CCCCCCCC(NC)C(C)(C)OC. The molecule has 2 heteroatoms. The molecular weight excluding hydrogens is 186 g/mol. The third-order valence-electron chi connectivity index (χ3n) is 3.31. The van der Waals surface area contributed by atoms with Gasteiger partial charge in [0.2, 0.25) is 0 Å². The van der Waals surface area contributed by atoms with Gasteiger partial charge < -0.3 is 10.1 Å². The number of nitrogens with one attached hydrogen (secondary N) is 1. The van der Waals surface area contributed by atoms with Gasteiger partial charge in [0.05, 0.1) is 5.60 Å². The van der Waals surface area contributed by atoms with E-state index in [2.05, 4.69) is 26.1 Å². The van der Waals surface area contributed by atoms with Crippen LogP contribution in [-0.2, 0) is 4.74 Å². The zero-order valence-electron chi connectivity index (χ0n) is 11.2. The van der Waals surface area contributed by atoms with Gasteiger partial charge in [-0.05, 0) is 27.3 Å². The molecule has 0 amide bonds. The fourth-order valence-electron chi connectivity index (χ4n) is 1.93. The van der Waals surface area contributed by atoms with E-state index in [1.54, 1.807) is 7.11 Å². The molecule has 0 aliphatic rings. The van der Waals surface area contributed by atoms with Gasteiger partial charge >= 0.3 is 0 Å². The summed E-state index contributed by atoms with van der Waals surface area (Å²) in [6.07, 6.45) is 7.93. The number of hydrogen-bond donors (Lipinski definition) is 1. The Balaban J connectivity index is 3.71.